The van der Waals surface area contributed by atoms with Crippen LogP contribution in [0.1, 0.15) is 30.7 Å². The van der Waals surface area contributed by atoms with Crippen molar-refractivity contribution < 1.29 is 0 Å². The lowest BCUT2D eigenvalue weighted by Crippen LogP contribution is -2.32. The summed E-state index contributed by atoms with van der Waals surface area (Å²) in [5.41, 5.74) is 1.56. The fraction of sp³-hybridized carbons (Fsp3) is 0.647. The molecule has 1 unspecified atom stereocenters. The van der Waals surface area contributed by atoms with E-state index in [9.17, 15) is 0 Å². The summed E-state index contributed by atoms with van der Waals surface area (Å²) in [5.74, 6) is 2.92. The van der Waals surface area contributed by atoms with Crippen LogP contribution in [0.3, 0.4) is 0 Å². The van der Waals surface area contributed by atoms with Crippen molar-refractivity contribution in [1.29, 1.82) is 0 Å². The number of thioether (sulfide) groups is 1. The third-order valence-corrected chi connectivity index (χ3v) is 6.01. The van der Waals surface area contributed by atoms with Gasteiger partial charge in [-0.05, 0) is 63.5 Å². The second kappa shape index (κ2) is 6.97. The number of rotatable bonds is 5. The number of hydrogen-bond donors (Lipinski definition) is 1. The van der Waals surface area contributed by atoms with E-state index in [1.807, 2.05) is 11.8 Å². The van der Waals surface area contributed by atoms with Gasteiger partial charge in [0.1, 0.15) is 0 Å². The van der Waals surface area contributed by atoms with Crippen LogP contribution in [0, 0.1) is 5.92 Å². The number of benzene rings is 1. The molecular weight excluding hydrogens is 264 g/mol. The number of likely N-dealkylation sites (tertiary alicyclic amines) is 1. The van der Waals surface area contributed by atoms with Crippen molar-refractivity contribution in [1.82, 2.24) is 10.2 Å². The summed E-state index contributed by atoms with van der Waals surface area (Å²) < 4.78 is 0. The lowest BCUT2D eigenvalue weighted by Gasteiger charge is -2.29. The van der Waals surface area contributed by atoms with Crippen molar-refractivity contribution in [3.8, 4) is 0 Å². The van der Waals surface area contributed by atoms with Crippen LogP contribution in [0.25, 0.3) is 0 Å². The highest BCUT2D eigenvalue weighted by atomic mass is 32.2. The molecule has 20 heavy (non-hydrogen) atoms. The topological polar surface area (TPSA) is 15.3 Å². The Morgan fingerprint density at radius 3 is 2.90 bits per heavy atom. The molecule has 1 saturated heterocycles. The lowest BCUT2D eigenvalue weighted by molar-refractivity contribution is 0.211. The Hall–Kier alpha value is -0.510. The summed E-state index contributed by atoms with van der Waals surface area (Å²) in [5, 5.41) is 3.70. The van der Waals surface area contributed by atoms with Gasteiger partial charge in [0.2, 0.25) is 0 Å². The normalized spacial score (nSPS) is 23.9. The molecule has 2 heterocycles. The first-order chi connectivity index (χ1) is 9.83. The summed E-state index contributed by atoms with van der Waals surface area (Å²) in [6.45, 7) is 4.92. The highest BCUT2D eigenvalue weighted by molar-refractivity contribution is 7.99. The molecule has 1 aromatic rings. The minimum Gasteiger partial charge on any atom is -0.316 e. The number of nitrogens with zero attached hydrogens (tertiary/aromatic N) is 1. The van der Waals surface area contributed by atoms with Gasteiger partial charge < -0.3 is 10.2 Å². The van der Waals surface area contributed by atoms with Crippen LogP contribution in [0.5, 0.6) is 0 Å². The molecular formula is C17H26N2S. The van der Waals surface area contributed by atoms with Gasteiger partial charge in [-0.3, -0.25) is 0 Å². The second-order valence-corrected chi connectivity index (χ2v) is 7.35. The maximum atomic E-state index is 3.70. The van der Waals surface area contributed by atoms with E-state index in [0.717, 1.165) is 12.5 Å². The Morgan fingerprint density at radius 2 is 2.05 bits per heavy atom. The van der Waals surface area contributed by atoms with Gasteiger partial charge >= 0.3 is 0 Å². The molecule has 1 fully saturated rings. The van der Waals surface area contributed by atoms with Crippen LogP contribution in [-0.2, 0) is 0 Å². The molecule has 0 radical (unpaired) electrons. The summed E-state index contributed by atoms with van der Waals surface area (Å²) in [4.78, 5) is 3.95. The van der Waals surface area contributed by atoms with E-state index in [1.165, 1.54) is 49.5 Å². The zero-order valence-electron chi connectivity index (χ0n) is 12.5. The number of fused-ring (bicyclic) bond motifs is 1. The molecule has 0 aliphatic carbocycles. The van der Waals surface area contributed by atoms with E-state index in [1.54, 1.807) is 5.56 Å². The van der Waals surface area contributed by atoms with Crippen LogP contribution >= 0.6 is 11.8 Å². The van der Waals surface area contributed by atoms with Gasteiger partial charge in [0.15, 0.2) is 0 Å². The van der Waals surface area contributed by atoms with E-state index in [0.29, 0.717) is 5.92 Å². The molecule has 1 N–H and O–H groups in total. The molecule has 3 rings (SSSR count). The highest BCUT2D eigenvalue weighted by Gasteiger charge is 2.22. The minimum atomic E-state index is 0.716. The molecule has 1 atom stereocenters. The number of piperidine rings is 1. The average Bonchev–Trinajstić information content (AvgIpc) is 2.89. The molecule has 0 amide bonds. The predicted octanol–water partition coefficient (Wildman–Crippen LogP) is 3.20. The Balaban J connectivity index is 1.37. The van der Waals surface area contributed by atoms with Crippen molar-refractivity contribution in [2.45, 2.75) is 30.1 Å². The van der Waals surface area contributed by atoms with E-state index < -0.39 is 0 Å². The van der Waals surface area contributed by atoms with Crippen LogP contribution in [0.15, 0.2) is 29.2 Å². The Bertz CT molecular complexity index is 427. The van der Waals surface area contributed by atoms with Crippen molar-refractivity contribution in [3.63, 3.8) is 0 Å². The average molecular weight is 290 g/mol. The molecule has 0 bridgehead atoms. The minimum absolute atomic E-state index is 0.716. The smallest absolute Gasteiger partial charge is 0.0108 e. The molecule has 2 aliphatic heterocycles. The molecule has 3 heteroatoms. The largest absolute Gasteiger partial charge is 0.316 e. The third-order valence-electron chi connectivity index (χ3n) is 4.76. The predicted molar refractivity (Wildman–Crippen MR) is 87.6 cm³/mol. The monoisotopic (exact) mass is 290 g/mol. The zero-order valence-corrected chi connectivity index (χ0v) is 13.3. The standard InChI is InChI=1S/C17H26N2S/c1-19-10-7-14(8-11-19)6-9-18-12-15-13-20-17-5-3-2-4-16(15)17/h2-5,14-15,18H,6-13H2,1H3. The molecule has 1 aromatic carbocycles. The summed E-state index contributed by atoms with van der Waals surface area (Å²) in [7, 11) is 2.24. The Morgan fingerprint density at radius 1 is 1.25 bits per heavy atom. The summed E-state index contributed by atoms with van der Waals surface area (Å²) in [6.07, 6.45) is 4.13. The van der Waals surface area contributed by atoms with Gasteiger partial charge in [-0.1, -0.05) is 18.2 Å². The molecule has 2 aliphatic rings. The quantitative estimate of drug-likeness (QED) is 0.838. The van der Waals surface area contributed by atoms with Crippen molar-refractivity contribution >= 4 is 11.8 Å². The van der Waals surface area contributed by atoms with Crippen LogP contribution in [0.2, 0.25) is 0 Å². The lowest BCUT2D eigenvalue weighted by atomic mass is 9.94. The maximum Gasteiger partial charge on any atom is 0.0108 e. The van der Waals surface area contributed by atoms with Crippen LogP contribution < -0.4 is 5.32 Å². The first kappa shape index (κ1) is 14.4. The van der Waals surface area contributed by atoms with Gasteiger partial charge in [-0.25, -0.2) is 0 Å². The van der Waals surface area contributed by atoms with E-state index in [2.05, 4.69) is 41.5 Å². The second-order valence-electron chi connectivity index (χ2n) is 6.29. The number of nitrogens with one attached hydrogen (secondary N) is 1. The van der Waals surface area contributed by atoms with E-state index in [-0.39, 0.29) is 0 Å². The van der Waals surface area contributed by atoms with Gasteiger partial charge in [-0.15, -0.1) is 11.8 Å². The van der Waals surface area contributed by atoms with E-state index >= 15 is 0 Å². The molecule has 0 saturated carbocycles. The van der Waals surface area contributed by atoms with Crippen molar-refractivity contribution in [2.24, 2.45) is 5.92 Å². The van der Waals surface area contributed by atoms with Crippen molar-refractivity contribution in [2.75, 3.05) is 39.0 Å². The van der Waals surface area contributed by atoms with Gasteiger partial charge in [0.25, 0.3) is 0 Å². The molecule has 0 aromatic heterocycles. The first-order valence-electron chi connectivity index (χ1n) is 7.94. The Labute approximate surface area is 127 Å². The molecule has 0 spiro atoms. The first-order valence-corrected chi connectivity index (χ1v) is 8.92. The summed E-state index contributed by atoms with van der Waals surface area (Å²) in [6, 6.07) is 8.90. The fourth-order valence-corrected chi connectivity index (χ4v) is 4.59. The van der Waals surface area contributed by atoms with Gasteiger partial charge in [0.05, 0.1) is 0 Å². The molecule has 2 nitrogen and oxygen atoms in total. The Kier molecular flexibility index (Phi) is 5.03. The number of hydrogen-bond acceptors (Lipinski definition) is 3. The maximum absolute atomic E-state index is 3.70. The van der Waals surface area contributed by atoms with Crippen molar-refractivity contribution in [3.05, 3.63) is 29.8 Å². The zero-order chi connectivity index (χ0) is 13.8. The van der Waals surface area contributed by atoms with Crippen LogP contribution in [-0.4, -0.2) is 43.9 Å². The highest BCUT2D eigenvalue weighted by Crippen LogP contribution is 2.38. The SMILES string of the molecule is CN1CCC(CCNCC2CSc3ccccc32)CC1. The fourth-order valence-electron chi connectivity index (χ4n) is 3.33. The summed E-state index contributed by atoms with van der Waals surface area (Å²) >= 11 is 2.02. The van der Waals surface area contributed by atoms with Gasteiger partial charge in [0, 0.05) is 23.1 Å². The van der Waals surface area contributed by atoms with Crippen LogP contribution in [0.4, 0.5) is 0 Å². The van der Waals surface area contributed by atoms with E-state index in [4.69, 9.17) is 0 Å². The van der Waals surface area contributed by atoms with Gasteiger partial charge in [-0.2, -0.15) is 0 Å². The molecule has 110 valence electrons. The third kappa shape index (κ3) is 3.57.